The van der Waals surface area contributed by atoms with Gasteiger partial charge >= 0.3 is 0 Å². The van der Waals surface area contributed by atoms with Gasteiger partial charge < -0.3 is 9.30 Å². The van der Waals surface area contributed by atoms with Crippen LogP contribution in [0.15, 0.2) is 85.1 Å². The molecule has 0 bridgehead atoms. The van der Waals surface area contributed by atoms with Crippen LogP contribution in [0.1, 0.15) is 40.9 Å². The molecule has 7 rings (SSSR count). The number of aromatic nitrogens is 10. The molecule has 0 aliphatic carbocycles. The molecule has 4 heterocycles. The fraction of sp³-hybridized carbons (Fsp3) is 0.129. The normalized spacial score (nSPS) is 12.4. The van der Waals surface area contributed by atoms with Crippen LogP contribution in [0.5, 0.6) is 5.75 Å². The van der Waals surface area contributed by atoms with Crippen molar-refractivity contribution in [3.05, 3.63) is 119 Å². The average molecular weight is 589 g/mol. The number of ether oxygens (including phenoxy) is 1. The summed E-state index contributed by atoms with van der Waals surface area (Å²) in [4.78, 5) is 4.76. The van der Waals surface area contributed by atoms with E-state index in [2.05, 4.69) is 101 Å². The van der Waals surface area contributed by atoms with Gasteiger partial charge in [-0.15, -0.1) is 20.4 Å². The Morgan fingerprint density at radius 3 is 2.53 bits per heavy atom. The van der Waals surface area contributed by atoms with Gasteiger partial charge in [-0.1, -0.05) is 70.6 Å². The Labute approximate surface area is 250 Å². The van der Waals surface area contributed by atoms with Crippen LogP contribution in [0, 0.1) is 0 Å². The van der Waals surface area contributed by atoms with E-state index < -0.39 is 0 Å². The Balaban J connectivity index is 1.23. The van der Waals surface area contributed by atoms with Crippen molar-refractivity contribution in [2.24, 2.45) is 0 Å². The van der Waals surface area contributed by atoms with Crippen molar-refractivity contribution in [3.8, 4) is 5.75 Å². The van der Waals surface area contributed by atoms with Crippen molar-refractivity contribution < 1.29 is 4.74 Å². The van der Waals surface area contributed by atoms with Gasteiger partial charge in [0.05, 0.1) is 22.8 Å². The first kappa shape index (κ1) is 26.5. The summed E-state index contributed by atoms with van der Waals surface area (Å²) < 4.78 is 8.42. The van der Waals surface area contributed by atoms with Crippen molar-refractivity contribution in [2.75, 3.05) is 0 Å². The molecule has 3 aromatic carbocycles. The number of halogens is 1. The topological polar surface area (TPSA) is 136 Å². The molecule has 4 aromatic heterocycles. The lowest BCUT2D eigenvalue weighted by molar-refractivity contribution is 0.298. The number of aryl methyl sites for hydroxylation is 1. The number of nitrogens with one attached hydrogen (secondary N) is 2. The second kappa shape index (κ2) is 11.8. The quantitative estimate of drug-likeness (QED) is 0.203. The Morgan fingerprint density at radius 1 is 0.837 bits per heavy atom. The Kier molecular flexibility index (Phi) is 7.28. The zero-order chi connectivity index (χ0) is 29.0. The molecule has 1 atom stereocenters. The van der Waals surface area contributed by atoms with E-state index in [9.17, 15) is 0 Å². The van der Waals surface area contributed by atoms with Gasteiger partial charge in [-0.05, 0) is 60.0 Å². The summed E-state index contributed by atoms with van der Waals surface area (Å²) in [6.07, 6.45) is 7.56. The van der Waals surface area contributed by atoms with E-state index in [1.165, 1.54) is 0 Å². The molecule has 0 fully saturated rings. The number of H-pyrrole nitrogens is 2. The minimum Gasteiger partial charge on any atom is -0.483 e. The molecular weight excluding hydrogens is 564 g/mol. The summed E-state index contributed by atoms with van der Waals surface area (Å²) >= 11 is 6.19. The lowest BCUT2D eigenvalue weighted by atomic mass is 9.98. The fourth-order valence-corrected chi connectivity index (χ4v) is 5.38. The summed E-state index contributed by atoms with van der Waals surface area (Å²) in [5.41, 5.74) is 4.88. The molecule has 212 valence electrons. The zero-order valence-corrected chi connectivity index (χ0v) is 23.6. The largest absolute Gasteiger partial charge is 0.483 e. The smallest absolute Gasteiger partial charge is 0.211 e. The fourth-order valence-electron chi connectivity index (χ4n) is 5.22. The zero-order valence-electron chi connectivity index (χ0n) is 22.8. The Bertz CT molecular complexity index is 2020. The summed E-state index contributed by atoms with van der Waals surface area (Å²) in [5, 5.41) is 31.5. The summed E-state index contributed by atoms with van der Waals surface area (Å²) in [7, 11) is 0. The molecule has 11 nitrogen and oxygen atoms in total. The first-order chi connectivity index (χ1) is 21.2. The molecule has 0 spiro atoms. The number of nitrogens with zero attached hydrogens (tertiary/aromatic N) is 8. The maximum atomic E-state index is 6.19. The Morgan fingerprint density at radius 2 is 1.67 bits per heavy atom. The summed E-state index contributed by atoms with van der Waals surface area (Å²) in [6, 6.07) is 26.4. The molecule has 0 aliphatic heterocycles. The summed E-state index contributed by atoms with van der Waals surface area (Å²) in [5.74, 6) is 1.87. The molecule has 0 saturated carbocycles. The van der Waals surface area contributed by atoms with E-state index in [1.807, 2.05) is 42.5 Å². The van der Waals surface area contributed by atoms with Gasteiger partial charge in [0, 0.05) is 28.4 Å². The number of pyridine rings is 1. The highest BCUT2D eigenvalue weighted by Gasteiger charge is 2.20. The van der Waals surface area contributed by atoms with Crippen LogP contribution in [0.3, 0.4) is 0 Å². The maximum absolute atomic E-state index is 6.19. The molecule has 2 N–H and O–H groups in total. The number of rotatable bonds is 10. The van der Waals surface area contributed by atoms with Gasteiger partial charge in [-0.2, -0.15) is 10.4 Å². The number of tetrazole rings is 2. The lowest BCUT2D eigenvalue weighted by Gasteiger charge is -2.22. The first-order valence-electron chi connectivity index (χ1n) is 13.7. The third-order valence-corrected chi connectivity index (χ3v) is 7.47. The molecular formula is C31H25ClN10O. The van der Waals surface area contributed by atoms with Gasteiger partial charge in [-0.25, -0.2) is 4.98 Å². The number of hydrogen-bond acceptors (Lipinski definition) is 8. The number of hydrogen-bond donors (Lipinski definition) is 2. The van der Waals surface area contributed by atoms with Crippen LogP contribution in [-0.2, 0) is 13.0 Å². The third kappa shape index (κ3) is 5.84. The van der Waals surface area contributed by atoms with E-state index in [-0.39, 0.29) is 12.6 Å². The monoisotopic (exact) mass is 588 g/mol. The lowest BCUT2D eigenvalue weighted by Crippen LogP contribution is -2.12. The van der Waals surface area contributed by atoms with E-state index >= 15 is 0 Å². The van der Waals surface area contributed by atoms with E-state index in [4.69, 9.17) is 21.3 Å². The molecule has 0 amide bonds. The van der Waals surface area contributed by atoms with Crippen molar-refractivity contribution >= 4 is 45.6 Å². The highest BCUT2D eigenvalue weighted by Crippen LogP contribution is 2.34. The maximum Gasteiger partial charge on any atom is 0.211 e. The van der Waals surface area contributed by atoms with Crippen LogP contribution < -0.4 is 4.74 Å². The average Bonchev–Trinajstić information content (AvgIpc) is 3.83. The van der Waals surface area contributed by atoms with Crippen LogP contribution in [0.2, 0.25) is 5.02 Å². The number of aromatic amines is 2. The summed E-state index contributed by atoms with van der Waals surface area (Å²) in [6.45, 7) is 0.198. The van der Waals surface area contributed by atoms with Gasteiger partial charge in [-0.3, -0.25) is 0 Å². The standard InChI is InChI=1S/C31H25ClN10O/c32-24-10-8-21-9-12-25(33-26(21)18-24)11-7-20-3-1-5-23(17-20)27(13-14-29-34-38-39-35-29)42-16-15-22-4-2-6-28(31(22)42)43-19-30-36-40-41-37-30/h1-12,15-18,27H,13-14,19H2,(H,34,35,38,39)(H,36,37,40,41)/t27-/m1/s1. The van der Waals surface area contributed by atoms with Crippen LogP contribution >= 0.6 is 11.6 Å². The highest BCUT2D eigenvalue weighted by molar-refractivity contribution is 6.31. The number of para-hydroxylation sites is 1. The minimum absolute atomic E-state index is 0.0415. The van der Waals surface area contributed by atoms with E-state index in [1.54, 1.807) is 0 Å². The predicted octanol–water partition coefficient (Wildman–Crippen LogP) is 5.84. The van der Waals surface area contributed by atoms with Crippen molar-refractivity contribution in [2.45, 2.75) is 25.5 Å². The van der Waals surface area contributed by atoms with Gasteiger partial charge in [0.15, 0.2) is 12.4 Å². The second-order valence-electron chi connectivity index (χ2n) is 9.99. The molecule has 0 radical (unpaired) electrons. The van der Waals surface area contributed by atoms with E-state index in [0.717, 1.165) is 50.8 Å². The van der Waals surface area contributed by atoms with Gasteiger partial charge in [0.2, 0.25) is 5.82 Å². The molecule has 0 unspecified atom stereocenters. The predicted molar refractivity (Wildman–Crippen MR) is 163 cm³/mol. The highest BCUT2D eigenvalue weighted by atomic mass is 35.5. The second-order valence-corrected chi connectivity index (χ2v) is 10.4. The van der Waals surface area contributed by atoms with Crippen LogP contribution in [0.4, 0.5) is 0 Å². The molecule has 0 saturated heterocycles. The Hall–Kier alpha value is -5.42. The van der Waals surface area contributed by atoms with Crippen LogP contribution in [-0.4, -0.2) is 50.8 Å². The first-order valence-corrected chi connectivity index (χ1v) is 14.1. The minimum atomic E-state index is -0.0415. The van der Waals surface area contributed by atoms with Crippen LogP contribution in [0.25, 0.3) is 34.0 Å². The molecule has 12 heteroatoms. The molecule has 43 heavy (non-hydrogen) atoms. The number of fused-ring (bicyclic) bond motifs is 2. The van der Waals surface area contributed by atoms with Gasteiger partial charge in [0.1, 0.15) is 5.75 Å². The van der Waals surface area contributed by atoms with Crippen molar-refractivity contribution in [3.63, 3.8) is 0 Å². The molecule has 7 aromatic rings. The third-order valence-electron chi connectivity index (χ3n) is 7.23. The van der Waals surface area contributed by atoms with E-state index in [0.29, 0.717) is 23.1 Å². The van der Waals surface area contributed by atoms with Crippen molar-refractivity contribution in [1.29, 1.82) is 0 Å². The van der Waals surface area contributed by atoms with Crippen molar-refractivity contribution in [1.82, 2.24) is 50.8 Å². The van der Waals surface area contributed by atoms with Gasteiger partial charge in [0.25, 0.3) is 0 Å². The molecule has 0 aliphatic rings. The number of benzene rings is 3. The SMILES string of the molecule is Clc1ccc2ccc(C=Cc3cccc([C@@H](CCc4nn[nH]n4)n4ccc5cccc(OCc6nn[nH]n6)c54)c3)nc2c1.